The molecule has 3 aromatic carbocycles. The average molecular weight is 607 g/mol. The number of anilines is 1. The van der Waals surface area contributed by atoms with Gasteiger partial charge in [0.2, 0.25) is 11.8 Å². The van der Waals surface area contributed by atoms with Crippen molar-refractivity contribution in [3.63, 3.8) is 0 Å². The molecule has 0 saturated heterocycles. The van der Waals surface area contributed by atoms with Crippen LogP contribution in [0.3, 0.4) is 0 Å². The standard InChI is InChI=1S/C29H33Cl2N3O5S/c1-4-5-17-32-29(36)21(2)33(19-22-11-9-10-14-25(22)30)28(35)20-34(23-15-16-27(39-3)26(31)18-23)40(37,38)24-12-7-6-8-13-24/h6-16,18,21H,4-5,17,19-20H2,1-3H3,(H,32,36)/t21-/m1/s1. The van der Waals surface area contributed by atoms with Gasteiger partial charge >= 0.3 is 0 Å². The minimum absolute atomic E-state index is 0.00208. The summed E-state index contributed by atoms with van der Waals surface area (Å²) in [7, 11) is -2.76. The summed E-state index contributed by atoms with van der Waals surface area (Å²) in [6, 6.07) is 18.3. The lowest BCUT2D eigenvalue weighted by Gasteiger charge is -2.32. The highest BCUT2D eigenvalue weighted by Crippen LogP contribution is 2.32. The third-order valence-electron chi connectivity index (χ3n) is 6.33. The van der Waals surface area contributed by atoms with Gasteiger partial charge in [-0.3, -0.25) is 13.9 Å². The second-order valence-electron chi connectivity index (χ2n) is 9.08. The molecule has 0 unspecified atom stereocenters. The summed E-state index contributed by atoms with van der Waals surface area (Å²) in [4.78, 5) is 28.3. The van der Waals surface area contributed by atoms with E-state index in [4.69, 9.17) is 27.9 Å². The van der Waals surface area contributed by atoms with E-state index in [0.717, 1.165) is 17.1 Å². The van der Waals surface area contributed by atoms with Gasteiger partial charge in [0, 0.05) is 18.1 Å². The molecule has 214 valence electrons. The maximum atomic E-state index is 13.9. The Kier molecular flexibility index (Phi) is 11.2. The second-order valence-corrected chi connectivity index (χ2v) is 11.8. The lowest BCUT2D eigenvalue weighted by atomic mass is 10.1. The predicted molar refractivity (Wildman–Crippen MR) is 158 cm³/mol. The van der Waals surface area contributed by atoms with E-state index in [0.29, 0.717) is 22.9 Å². The number of carbonyl (C=O) groups is 2. The van der Waals surface area contributed by atoms with Gasteiger partial charge in [-0.2, -0.15) is 0 Å². The molecule has 0 saturated carbocycles. The largest absolute Gasteiger partial charge is 0.495 e. The van der Waals surface area contributed by atoms with Crippen molar-refractivity contribution in [1.82, 2.24) is 10.2 Å². The molecular weight excluding hydrogens is 573 g/mol. The van der Waals surface area contributed by atoms with Crippen molar-refractivity contribution in [2.45, 2.75) is 44.2 Å². The molecule has 11 heteroatoms. The number of ether oxygens (including phenoxy) is 1. The Bertz CT molecular complexity index is 1420. The number of hydrogen-bond donors (Lipinski definition) is 1. The summed E-state index contributed by atoms with van der Waals surface area (Å²) >= 11 is 12.7. The highest BCUT2D eigenvalue weighted by atomic mass is 35.5. The molecule has 0 heterocycles. The van der Waals surface area contributed by atoms with E-state index < -0.39 is 28.5 Å². The van der Waals surface area contributed by atoms with Crippen LogP contribution in [-0.2, 0) is 26.2 Å². The second kappa shape index (κ2) is 14.4. The summed E-state index contributed by atoms with van der Waals surface area (Å²) in [5.74, 6) is -0.588. The van der Waals surface area contributed by atoms with E-state index in [-0.39, 0.29) is 28.1 Å². The Balaban J connectivity index is 2.03. The first kappa shape index (κ1) is 31.3. The van der Waals surface area contributed by atoms with E-state index >= 15 is 0 Å². The van der Waals surface area contributed by atoms with Crippen LogP contribution >= 0.6 is 23.2 Å². The fraction of sp³-hybridized carbons (Fsp3) is 0.310. The first-order valence-corrected chi connectivity index (χ1v) is 15.0. The molecule has 0 aromatic heterocycles. The van der Waals surface area contributed by atoms with Gasteiger partial charge in [-0.15, -0.1) is 0 Å². The lowest BCUT2D eigenvalue weighted by Crippen LogP contribution is -2.51. The molecule has 0 spiro atoms. The molecule has 2 amide bonds. The van der Waals surface area contributed by atoms with Gasteiger partial charge in [-0.05, 0) is 55.3 Å². The summed E-state index contributed by atoms with van der Waals surface area (Å²) < 4.78 is 33.9. The van der Waals surface area contributed by atoms with Crippen LogP contribution in [0.2, 0.25) is 10.0 Å². The van der Waals surface area contributed by atoms with Gasteiger partial charge in [0.05, 0.1) is 22.7 Å². The van der Waals surface area contributed by atoms with Crippen LogP contribution in [0.1, 0.15) is 32.3 Å². The Morgan fingerprint density at radius 2 is 1.65 bits per heavy atom. The van der Waals surface area contributed by atoms with E-state index in [1.54, 1.807) is 49.4 Å². The SMILES string of the molecule is CCCCNC(=O)[C@@H](C)N(Cc1ccccc1Cl)C(=O)CN(c1ccc(OC)c(Cl)c1)S(=O)(=O)c1ccccc1. The van der Waals surface area contributed by atoms with Crippen molar-refractivity contribution in [2.24, 2.45) is 0 Å². The van der Waals surface area contributed by atoms with E-state index in [2.05, 4.69) is 5.32 Å². The molecule has 0 aliphatic heterocycles. The fourth-order valence-corrected chi connectivity index (χ4v) is 5.86. The molecule has 0 radical (unpaired) electrons. The highest BCUT2D eigenvalue weighted by Gasteiger charge is 2.33. The normalized spacial score (nSPS) is 11.9. The zero-order valence-corrected chi connectivity index (χ0v) is 25.0. The topological polar surface area (TPSA) is 96.0 Å². The number of nitrogens with zero attached hydrogens (tertiary/aromatic N) is 2. The first-order valence-electron chi connectivity index (χ1n) is 12.8. The molecule has 1 atom stereocenters. The van der Waals surface area contributed by atoms with Crippen LogP contribution in [0.5, 0.6) is 5.75 Å². The van der Waals surface area contributed by atoms with Gasteiger partial charge in [-0.1, -0.05) is 72.9 Å². The number of carbonyl (C=O) groups excluding carboxylic acids is 2. The summed E-state index contributed by atoms with van der Waals surface area (Å²) in [5, 5.41) is 3.45. The van der Waals surface area contributed by atoms with Gasteiger partial charge in [0.25, 0.3) is 10.0 Å². The molecular formula is C29H33Cl2N3O5S. The molecule has 3 rings (SSSR count). The van der Waals surface area contributed by atoms with Gasteiger partial charge < -0.3 is 15.0 Å². The Hall–Kier alpha value is -3.27. The number of sulfonamides is 1. The highest BCUT2D eigenvalue weighted by molar-refractivity contribution is 7.92. The fourth-order valence-electron chi connectivity index (χ4n) is 3.99. The molecule has 8 nitrogen and oxygen atoms in total. The maximum absolute atomic E-state index is 13.9. The zero-order chi connectivity index (χ0) is 29.3. The van der Waals surface area contributed by atoms with Crippen LogP contribution < -0.4 is 14.4 Å². The van der Waals surface area contributed by atoms with Crippen molar-refractivity contribution in [3.05, 3.63) is 88.4 Å². The van der Waals surface area contributed by atoms with Crippen molar-refractivity contribution >= 4 is 50.7 Å². The average Bonchev–Trinajstić information content (AvgIpc) is 2.95. The van der Waals surface area contributed by atoms with Gasteiger partial charge in [0.15, 0.2) is 0 Å². The third kappa shape index (κ3) is 7.68. The number of methoxy groups -OCH3 is 1. The van der Waals surface area contributed by atoms with Crippen LogP contribution in [0.15, 0.2) is 77.7 Å². The minimum Gasteiger partial charge on any atom is -0.495 e. The van der Waals surface area contributed by atoms with Crippen LogP contribution in [0.4, 0.5) is 5.69 Å². The maximum Gasteiger partial charge on any atom is 0.264 e. The van der Waals surface area contributed by atoms with E-state index in [1.807, 2.05) is 6.92 Å². The van der Waals surface area contributed by atoms with Crippen molar-refractivity contribution < 1.29 is 22.7 Å². The van der Waals surface area contributed by atoms with Crippen LogP contribution in [0, 0.1) is 0 Å². The number of hydrogen-bond acceptors (Lipinski definition) is 5. The predicted octanol–water partition coefficient (Wildman–Crippen LogP) is 5.53. The van der Waals surface area contributed by atoms with Crippen molar-refractivity contribution in [3.8, 4) is 5.75 Å². The molecule has 0 aliphatic rings. The third-order valence-corrected chi connectivity index (χ3v) is 8.78. The van der Waals surface area contributed by atoms with Crippen molar-refractivity contribution in [2.75, 3.05) is 24.5 Å². The molecule has 1 N–H and O–H groups in total. The number of benzene rings is 3. The number of rotatable bonds is 13. The van der Waals surface area contributed by atoms with Gasteiger partial charge in [0.1, 0.15) is 18.3 Å². The van der Waals surface area contributed by atoms with E-state index in [1.165, 1.54) is 42.3 Å². The number of unbranched alkanes of at least 4 members (excludes halogenated alkanes) is 1. The molecule has 3 aromatic rings. The van der Waals surface area contributed by atoms with E-state index in [9.17, 15) is 18.0 Å². The monoisotopic (exact) mass is 605 g/mol. The lowest BCUT2D eigenvalue weighted by molar-refractivity contribution is -0.139. The smallest absolute Gasteiger partial charge is 0.264 e. The number of halogens is 2. The van der Waals surface area contributed by atoms with Crippen LogP contribution in [0.25, 0.3) is 0 Å². The number of amides is 2. The molecule has 40 heavy (non-hydrogen) atoms. The molecule has 0 bridgehead atoms. The first-order chi connectivity index (χ1) is 19.1. The quantitative estimate of drug-likeness (QED) is 0.258. The number of nitrogens with one attached hydrogen (secondary N) is 1. The molecule has 0 fully saturated rings. The zero-order valence-electron chi connectivity index (χ0n) is 22.6. The van der Waals surface area contributed by atoms with Gasteiger partial charge in [-0.25, -0.2) is 8.42 Å². The Morgan fingerprint density at radius 1 is 0.975 bits per heavy atom. The Morgan fingerprint density at radius 3 is 2.27 bits per heavy atom. The van der Waals surface area contributed by atoms with Crippen LogP contribution in [-0.4, -0.2) is 51.4 Å². The van der Waals surface area contributed by atoms with Crippen molar-refractivity contribution in [1.29, 1.82) is 0 Å². The molecule has 0 aliphatic carbocycles. The summed E-state index contributed by atoms with van der Waals surface area (Å²) in [6.45, 7) is 3.50. The summed E-state index contributed by atoms with van der Waals surface area (Å²) in [6.07, 6.45) is 1.69. The Labute approximate surface area is 245 Å². The minimum atomic E-state index is -4.20. The summed E-state index contributed by atoms with van der Waals surface area (Å²) in [5.41, 5.74) is 0.788.